The third-order valence-corrected chi connectivity index (χ3v) is 3.74. The van der Waals surface area contributed by atoms with Crippen molar-refractivity contribution in [1.82, 2.24) is 5.32 Å². The van der Waals surface area contributed by atoms with Crippen LogP contribution >= 0.6 is 11.8 Å². The summed E-state index contributed by atoms with van der Waals surface area (Å²) in [6.07, 6.45) is 0. The van der Waals surface area contributed by atoms with Gasteiger partial charge in [-0.05, 0) is 12.1 Å². The number of thioether (sulfide) groups is 1. The van der Waals surface area contributed by atoms with Crippen molar-refractivity contribution in [3.8, 4) is 0 Å². The number of rotatable bonds is 8. The summed E-state index contributed by atoms with van der Waals surface area (Å²) in [6, 6.07) is 5.71. The molecule has 1 rings (SSSR count). The van der Waals surface area contributed by atoms with Gasteiger partial charge in [0, 0.05) is 17.0 Å². The Kier molecular flexibility index (Phi) is 6.56. The average molecular weight is 316 g/mol. The van der Waals surface area contributed by atoms with Crippen LogP contribution in [0.25, 0.3) is 0 Å². The number of non-ortho nitro benzene ring substituents is 1. The second kappa shape index (κ2) is 7.93. The van der Waals surface area contributed by atoms with Gasteiger partial charge >= 0.3 is 0 Å². The Morgan fingerprint density at radius 2 is 1.71 bits per heavy atom. The van der Waals surface area contributed by atoms with E-state index in [0.29, 0.717) is 4.90 Å². The minimum atomic E-state index is -1.45. The first-order valence-electron chi connectivity index (χ1n) is 5.97. The number of nitrogens with zero attached hydrogens (tertiary/aromatic N) is 1. The minimum absolute atomic E-state index is 0.0143. The molecule has 116 valence electrons. The summed E-state index contributed by atoms with van der Waals surface area (Å²) in [5.74, 6) is -0.491. The van der Waals surface area contributed by atoms with E-state index >= 15 is 0 Å². The predicted molar refractivity (Wildman–Crippen MR) is 76.0 cm³/mol. The number of nitro benzene ring substituents is 1. The highest BCUT2D eigenvalue weighted by Crippen LogP contribution is 2.21. The van der Waals surface area contributed by atoms with E-state index in [9.17, 15) is 14.9 Å². The smallest absolute Gasteiger partial charge is 0.269 e. The fourth-order valence-electron chi connectivity index (χ4n) is 1.41. The van der Waals surface area contributed by atoms with Gasteiger partial charge in [0.05, 0.1) is 30.5 Å². The van der Waals surface area contributed by atoms with Crippen LogP contribution in [0.5, 0.6) is 0 Å². The Bertz CT molecular complexity index is 481. The molecule has 0 atom stereocenters. The number of aliphatic hydroxyl groups excluding tert-OH is 3. The van der Waals surface area contributed by atoms with Crippen molar-refractivity contribution in [2.45, 2.75) is 10.4 Å². The Morgan fingerprint density at radius 3 is 2.14 bits per heavy atom. The van der Waals surface area contributed by atoms with Crippen molar-refractivity contribution in [1.29, 1.82) is 0 Å². The maximum Gasteiger partial charge on any atom is 0.269 e. The van der Waals surface area contributed by atoms with E-state index in [1.165, 1.54) is 24.3 Å². The summed E-state index contributed by atoms with van der Waals surface area (Å²) < 4.78 is 0. The normalized spacial score (nSPS) is 11.2. The molecular weight excluding hydrogens is 300 g/mol. The number of aliphatic hydroxyl groups is 3. The van der Waals surface area contributed by atoms with E-state index in [4.69, 9.17) is 15.3 Å². The van der Waals surface area contributed by atoms with Crippen LogP contribution in [-0.2, 0) is 4.79 Å². The van der Waals surface area contributed by atoms with Gasteiger partial charge in [-0.2, -0.15) is 0 Å². The molecule has 21 heavy (non-hydrogen) atoms. The second-order valence-electron chi connectivity index (χ2n) is 4.34. The molecule has 0 radical (unpaired) electrons. The van der Waals surface area contributed by atoms with Gasteiger partial charge in [-0.25, -0.2) is 0 Å². The lowest BCUT2D eigenvalue weighted by Gasteiger charge is -2.28. The van der Waals surface area contributed by atoms with Gasteiger partial charge in [-0.3, -0.25) is 14.9 Å². The molecule has 0 aromatic heterocycles. The van der Waals surface area contributed by atoms with Gasteiger partial charge in [0.25, 0.3) is 5.69 Å². The molecule has 1 aromatic carbocycles. The van der Waals surface area contributed by atoms with Gasteiger partial charge in [-0.15, -0.1) is 11.8 Å². The predicted octanol–water partition coefficient (Wildman–Crippen LogP) is -0.481. The molecule has 9 heteroatoms. The van der Waals surface area contributed by atoms with Crippen LogP contribution in [0, 0.1) is 10.1 Å². The van der Waals surface area contributed by atoms with Crippen molar-refractivity contribution < 1.29 is 25.0 Å². The van der Waals surface area contributed by atoms with Gasteiger partial charge in [0.1, 0.15) is 5.54 Å². The summed E-state index contributed by atoms with van der Waals surface area (Å²) >= 11 is 1.14. The molecule has 0 saturated carbocycles. The zero-order chi connectivity index (χ0) is 15.9. The van der Waals surface area contributed by atoms with Crippen LogP contribution in [0.2, 0.25) is 0 Å². The van der Waals surface area contributed by atoms with Crippen LogP contribution in [0.1, 0.15) is 0 Å². The minimum Gasteiger partial charge on any atom is -0.394 e. The average Bonchev–Trinajstić information content (AvgIpc) is 2.51. The molecule has 0 aliphatic carbocycles. The van der Waals surface area contributed by atoms with Crippen molar-refractivity contribution in [2.24, 2.45) is 0 Å². The Morgan fingerprint density at radius 1 is 1.19 bits per heavy atom. The zero-order valence-corrected chi connectivity index (χ0v) is 11.9. The molecule has 0 unspecified atom stereocenters. The number of amides is 1. The number of carbonyl (C=O) groups excluding carboxylic acids is 1. The molecule has 0 fully saturated rings. The SMILES string of the molecule is O=C(CSc1ccc([N+](=O)[O-])cc1)NC(CO)(CO)CO. The Labute approximate surface area is 124 Å². The largest absolute Gasteiger partial charge is 0.394 e. The number of nitrogens with one attached hydrogen (secondary N) is 1. The first-order chi connectivity index (χ1) is 9.96. The molecule has 0 saturated heterocycles. The molecule has 0 aliphatic heterocycles. The first-order valence-corrected chi connectivity index (χ1v) is 6.96. The number of hydrogen-bond acceptors (Lipinski definition) is 7. The maximum atomic E-state index is 11.7. The molecule has 4 N–H and O–H groups in total. The van der Waals surface area contributed by atoms with E-state index in [1.54, 1.807) is 0 Å². The molecule has 0 aliphatic rings. The molecule has 8 nitrogen and oxygen atoms in total. The Hall–Kier alpha value is -1.68. The quantitative estimate of drug-likeness (QED) is 0.289. The highest BCUT2D eigenvalue weighted by atomic mass is 32.2. The Balaban J connectivity index is 2.54. The summed E-state index contributed by atoms with van der Waals surface area (Å²) in [4.78, 5) is 22.4. The van der Waals surface area contributed by atoms with Crippen molar-refractivity contribution in [3.05, 3.63) is 34.4 Å². The molecule has 0 spiro atoms. The first kappa shape index (κ1) is 17.4. The summed E-state index contributed by atoms with van der Waals surface area (Å²) in [5, 5.41) is 40.1. The summed E-state index contributed by atoms with van der Waals surface area (Å²) in [7, 11) is 0. The molecule has 0 bridgehead atoms. The summed E-state index contributed by atoms with van der Waals surface area (Å²) in [6.45, 7) is -1.77. The van der Waals surface area contributed by atoms with Gasteiger partial charge < -0.3 is 20.6 Å². The molecule has 0 heterocycles. The molecule has 1 aromatic rings. The number of benzene rings is 1. The lowest BCUT2D eigenvalue weighted by atomic mass is 10.0. The van der Waals surface area contributed by atoms with Crippen LogP contribution in [0.3, 0.4) is 0 Å². The van der Waals surface area contributed by atoms with Crippen LogP contribution in [-0.4, -0.2) is 57.3 Å². The second-order valence-corrected chi connectivity index (χ2v) is 5.39. The van der Waals surface area contributed by atoms with E-state index < -0.39 is 36.2 Å². The van der Waals surface area contributed by atoms with Gasteiger partial charge in [-0.1, -0.05) is 0 Å². The van der Waals surface area contributed by atoms with Crippen LogP contribution < -0.4 is 5.32 Å². The fraction of sp³-hybridized carbons (Fsp3) is 0.417. The topological polar surface area (TPSA) is 133 Å². The number of hydrogen-bond donors (Lipinski definition) is 4. The van der Waals surface area contributed by atoms with Crippen LogP contribution in [0.4, 0.5) is 5.69 Å². The zero-order valence-electron chi connectivity index (χ0n) is 11.1. The maximum absolute atomic E-state index is 11.7. The summed E-state index contributed by atoms with van der Waals surface area (Å²) in [5.41, 5.74) is -1.49. The highest BCUT2D eigenvalue weighted by molar-refractivity contribution is 8.00. The van der Waals surface area contributed by atoms with Gasteiger partial charge in [0.15, 0.2) is 0 Å². The monoisotopic (exact) mass is 316 g/mol. The lowest BCUT2D eigenvalue weighted by Crippen LogP contribution is -2.57. The van der Waals surface area contributed by atoms with E-state index in [-0.39, 0.29) is 11.4 Å². The van der Waals surface area contributed by atoms with E-state index in [1.807, 2.05) is 0 Å². The highest BCUT2D eigenvalue weighted by Gasteiger charge is 2.29. The molecular formula is C12H16N2O6S. The lowest BCUT2D eigenvalue weighted by molar-refractivity contribution is -0.384. The van der Waals surface area contributed by atoms with Gasteiger partial charge in [0.2, 0.25) is 5.91 Å². The third kappa shape index (κ3) is 4.97. The fourth-order valence-corrected chi connectivity index (χ4v) is 2.11. The number of carbonyl (C=O) groups is 1. The van der Waals surface area contributed by atoms with Crippen LogP contribution in [0.15, 0.2) is 29.2 Å². The van der Waals surface area contributed by atoms with Crippen molar-refractivity contribution in [2.75, 3.05) is 25.6 Å². The number of nitro groups is 1. The van der Waals surface area contributed by atoms with Crippen molar-refractivity contribution >= 4 is 23.4 Å². The molecule has 1 amide bonds. The van der Waals surface area contributed by atoms with E-state index in [0.717, 1.165) is 11.8 Å². The van der Waals surface area contributed by atoms with E-state index in [2.05, 4.69) is 5.32 Å². The standard InChI is InChI=1S/C12H16N2O6S/c15-6-12(7-16,8-17)13-11(18)5-21-10-3-1-9(2-4-10)14(19)20/h1-4,15-17H,5-8H2,(H,13,18). The third-order valence-electron chi connectivity index (χ3n) is 2.73. The van der Waals surface area contributed by atoms with Crippen molar-refractivity contribution in [3.63, 3.8) is 0 Å².